The van der Waals surface area contributed by atoms with Gasteiger partial charge in [-0.15, -0.1) is 0 Å². The summed E-state index contributed by atoms with van der Waals surface area (Å²) >= 11 is 12.5. The van der Waals surface area contributed by atoms with E-state index in [-0.39, 0.29) is 58.2 Å². The Morgan fingerprint density at radius 2 is 1.70 bits per heavy atom. The molecule has 1 aliphatic rings. The van der Waals surface area contributed by atoms with Crippen molar-refractivity contribution in [1.82, 2.24) is 4.72 Å². The van der Waals surface area contributed by atoms with Gasteiger partial charge in [-0.2, -0.15) is 13.5 Å². The lowest BCUT2D eigenvalue weighted by Crippen LogP contribution is -2.33. The minimum atomic E-state index is -3.93. The quantitative estimate of drug-likeness (QED) is 0.117. The average Bonchev–Trinajstić information content (AvgIpc) is 3.84. The fourth-order valence-electron chi connectivity index (χ4n) is 4.39. The molecule has 0 bridgehead atoms. The molecule has 4 rings (SSSR count). The number of halogens is 4. The largest absolute Gasteiger partial charge is 0.619 e. The highest BCUT2D eigenvalue weighted by molar-refractivity contribution is 7.89. The third kappa shape index (κ3) is 10.2. The zero-order valence-electron chi connectivity index (χ0n) is 24.8. The highest BCUT2D eigenvalue weighted by atomic mass is 35.5. The fourth-order valence-corrected chi connectivity index (χ4v) is 5.98. The molecule has 1 aromatic heterocycles. The molecular weight excluding hydrogens is 673 g/mol. The van der Waals surface area contributed by atoms with Gasteiger partial charge in [-0.25, -0.2) is 13.1 Å². The van der Waals surface area contributed by atoms with E-state index >= 15 is 0 Å². The van der Waals surface area contributed by atoms with Crippen LogP contribution < -0.4 is 28.4 Å². The van der Waals surface area contributed by atoms with Gasteiger partial charge in [-0.3, -0.25) is 4.79 Å². The van der Waals surface area contributed by atoms with Crippen molar-refractivity contribution in [1.29, 1.82) is 0 Å². The van der Waals surface area contributed by atoms with Crippen molar-refractivity contribution >= 4 is 39.2 Å². The second-order valence-electron chi connectivity index (χ2n) is 10.4. The lowest BCUT2D eigenvalue weighted by atomic mass is 10.0. The number of hydrogen-bond donors (Lipinski definition) is 1. The lowest BCUT2D eigenvalue weighted by Gasteiger charge is -2.21. The smallest absolute Gasteiger partial charge is 0.387 e. The molecule has 0 saturated heterocycles. The number of benzene rings is 2. The van der Waals surface area contributed by atoms with Gasteiger partial charge in [0.05, 0.1) is 26.6 Å². The molecule has 3 aromatic rings. The predicted octanol–water partition coefficient (Wildman–Crippen LogP) is 5.02. The van der Waals surface area contributed by atoms with Gasteiger partial charge in [-0.05, 0) is 60.6 Å². The first-order valence-corrected chi connectivity index (χ1v) is 16.4. The van der Waals surface area contributed by atoms with E-state index in [1.165, 1.54) is 32.4 Å². The number of aryl methyl sites for hydroxylation is 1. The first kappa shape index (κ1) is 35.3. The van der Waals surface area contributed by atoms with Gasteiger partial charge in [0, 0.05) is 12.0 Å². The number of esters is 1. The number of aromatic nitrogens is 1. The topological polar surface area (TPSA) is 136 Å². The van der Waals surface area contributed by atoms with Gasteiger partial charge in [0.2, 0.25) is 10.0 Å². The van der Waals surface area contributed by atoms with E-state index in [1.54, 1.807) is 18.2 Å². The van der Waals surface area contributed by atoms with Crippen molar-refractivity contribution in [3.8, 4) is 23.0 Å². The summed E-state index contributed by atoms with van der Waals surface area (Å²) in [6.45, 7) is -3.54. The molecular formula is C30H32Cl2F2N2O9S. The van der Waals surface area contributed by atoms with Crippen LogP contribution in [-0.2, 0) is 32.4 Å². The highest BCUT2D eigenvalue weighted by Crippen LogP contribution is 2.38. The van der Waals surface area contributed by atoms with E-state index in [1.807, 2.05) is 0 Å². The van der Waals surface area contributed by atoms with Crippen LogP contribution in [0.3, 0.4) is 0 Å². The summed E-state index contributed by atoms with van der Waals surface area (Å²) in [6, 6.07) is 9.05. The SMILES string of the molecule is COc1ccc(CCS(=O)(=O)NCC(=O)O[C@@H](Cc2c(Cl)c[n+]([O-])cc2Cl)c2ccc(OC(F)F)c(OCC3CC3)c2)cc1OC. The number of rotatable bonds is 17. The van der Waals surface area contributed by atoms with Crippen molar-refractivity contribution < 1.29 is 50.4 Å². The number of nitrogens with zero attached hydrogens (tertiary/aromatic N) is 1. The van der Waals surface area contributed by atoms with Crippen molar-refractivity contribution in [3.05, 3.63) is 80.7 Å². The molecule has 1 heterocycles. The van der Waals surface area contributed by atoms with Gasteiger partial charge in [-0.1, -0.05) is 35.3 Å². The molecule has 0 radical (unpaired) electrons. The van der Waals surface area contributed by atoms with Crippen LogP contribution in [0.1, 0.15) is 35.6 Å². The monoisotopic (exact) mass is 704 g/mol. The Morgan fingerprint density at radius 1 is 1.02 bits per heavy atom. The second-order valence-corrected chi connectivity index (χ2v) is 13.1. The molecule has 1 saturated carbocycles. The predicted molar refractivity (Wildman–Crippen MR) is 164 cm³/mol. The average molecular weight is 706 g/mol. The van der Waals surface area contributed by atoms with Gasteiger partial charge in [0.25, 0.3) is 0 Å². The molecule has 11 nitrogen and oxygen atoms in total. The number of ether oxygens (including phenoxy) is 5. The normalized spacial score (nSPS) is 13.7. The number of hydrogen-bond acceptors (Lipinski definition) is 9. The van der Waals surface area contributed by atoms with Crippen LogP contribution in [0.15, 0.2) is 48.8 Å². The minimum absolute atomic E-state index is 0.00395. The van der Waals surface area contributed by atoms with Crippen LogP contribution in [0.2, 0.25) is 10.0 Å². The molecule has 16 heteroatoms. The Kier molecular flexibility index (Phi) is 12.1. The number of pyridine rings is 1. The van der Waals surface area contributed by atoms with E-state index in [0.717, 1.165) is 25.2 Å². The number of methoxy groups -OCH3 is 2. The fraction of sp³-hybridized carbons (Fsp3) is 0.400. The number of sulfonamides is 1. The summed E-state index contributed by atoms with van der Waals surface area (Å²) in [7, 11) is -0.982. The Balaban J connectivity index is 1.50. The Morgan fingerprint density at radius 3 is 2.33 bits per heavy atom. The molecule has 1 atom stereocenters. The van der Waals surface area contributed by atoms with Crippen LogP contribution in [0.5, 0.6) is 23.0 Å². The molecule has 1 N–H and O–H groups in total. The highest BCUT2D eigenvalue weighted by Gasteiger charge is 2.27. The summed E-state index contributed by atoms with van der Waals surface area (Å²) in [5.41, 5.74) is 1.22. The molecule has 0 spiro atoms. The summed E-state index contributed by atoms with van der Waals surface area (Å²) < 4.78 is 80.7. The van der Waals surface area contributed by atoms with Crippen LogP contribution in [0.4, 0.5) is 8.78 Å². The zero-order valence-corrected chi connectivity index (χ0v) is 27.2. The Hall–Kier alpha value is -3.59. The van der Waals surface area contributed by atoms with E-state index < -0.39 is 35.3 Å². The third-order valence-corrected chi connectivity index (χ3v) is 8.97. The van der Waals surface area contributed by atoms with Crippen molar-refractivity contribution in [2.45, 2.75) is 38.4 Å². The molecule has 0 amide bonds. The molecule has 250 valence electrons. The standard InChI is InChI=1S/C30H32Cl2F2N2O9S/c1-41-24-7-5-18(11-27(24)42-2)9-10-46(39,40)35-14-29(37)44-26(13-21-22(31)15-36(38)16-23(21)32)20-6-8-25(45-30(33)34)28(12-20)43-17-19-3-4-19/h5-8,11-12,15-16,19,26,30,35H,3-4,9-10,13-14,17H2,1-2H3/t26-/m0/s1. The number of carbonyl (C=O) groups excluding carboxylic acids is 1. The summed E-state index contributed by atoms with van der Waals surface area (Å²) in [5, 5.41) is 11.8. The molecule has 0 unspecified atom stereocenters. The molecule has 46 heavy (non-hydrogen) atoms. The van der Waals surface area contributed by atoms with E-state index in [9.17, 15) is 27.2 Å². The van der Waals surface area contributed by atoms with Gasteiger partial charge in [0.1, 0.15) is 22.7 Å². The first-order chi connectivity index (χ1) is 21.9. The second kappa shape index (κ2) is 15.8. The van der Waals surface area contributed by atoms with Gasteiger partial charge >= 0.3 is 12.6 Å². The molecule has 1 aliphatic carbocycles. The van der Waals surface area contributed by atoms with Crippen molar-refractivity contribution in [3.63, 3.8) is 0 Å². The van der Waals surface area contributed by atoms with E-state index in [0.29, 0.717) is 27.4 Å². The van der Waals surface area contributed by atoms with E-state index in [4.69, 9.17) is 42.1 Å². The maximum Gasteiger partial charge on any atom is 0.387 e. The van der Waals surface area contributed by atoms with Gasteiger partial charge in [0.15, 0.2) is 35.4 Å². The number of alkyl halides is 2. The van der Waals surface area contributed by atoms with Crippen LogP contribution in [-0.4, -0.2) is 54.1 Å². The van der Waals surface area contributed by atoms with Crippen LogP contribution in [0.25, 0.3) is 0 Å². The molecule has 2 aromatic carbocycles. The van der Waals surface area contributed by atoms with Crippen LogP contribution >= 0.6 is 23.2 Å². The van der Waals surface area contributed by atoms with Crippen LogP contribution in [0, 0.1) is 11.1 Å². The van der Waals surface area contributed by atoms with Crippen molar-refractivity contribution in [2.24, 2.45) is 5.92 Å². The lowest BCUT2D eigenvalue weighted by molar-refractivity contribution is -0.605. The molecule has 0 aliphatic heterocycles. The molecule has 1 fully saturated rings. The maximum absolute atomic E-state index is 13.1. The van der Waals surface area contributed by atoms with Gasteiger partial charge < -0.3 is 28.9 Å². The first-order valence-electron chi connectivity index (χ1n) is 14.0. The maximum atomic E-state index is 13.1. The third-order valence-electron chi connectivity index (χ3n) is 6.99. The Labute approximate surface area is 274 Å². The number of carbonyl (C=O) groups is 1. The summed E-state index contributed by atoms with van der Waals surface area (Å²) in [4.78, 5) is 13.0. The summed E-state index contributed by atoms with van der Waals surface area (Å²) in [6.07, 6.45) is 2.85. The van der Waals surface area contributed by atoms with Crippen molar-refractivity contribution in [2.75, 3.05) is 33.1 Å². The number of nitrogens with one attached hydrogen (secondary N) is 1. The zero-order chi connectivity index (χ0) is 33.4. The summed E-state index contributed by atoms with van der Waals surface area (Å²) in [5.74, 6) is -0.269. The van der Waals surface area contributed by atoms with E-state index in [2.05, 4.69) is 9.46 Å². The Bertz CT molecular complexity index is 1620. The minimum Gasteiger partial charge on any atom is -0.619 e.